The van der Waals surface area contributed by atoms with Crippen LogP contribution in [-0.2, 0) is 21.7 Å². The third-order valence-electron chi connectivity index (χ3n) is 17.0. The van der Waals surface area contributed by atoms with Crippen LogP contribution in [-0.4, -0.2) is 8.07 Å². The Balaban J connectivity index is 1.12. The summed E-state index contributed by atoms with van der Waals surface area (Å²) in [6.45, 7) is 19.0. The molecule has 1 nitrogen and oxygen atoms in total. The van der Waals surface area contributed by atoms with E-state index < -0.39 is 13.5 Å². The van der Waals surface area contributed by atoms with Gasteiger partial charge in [-0.2, -0.15) is 0 Å². The average Bonchev–Trinajstić information content (AvgIpc) is 3.99. The number of hydrogen-bond acceptors (Lipinski definition) is 1. The zero-order chi connectivity index (χ0) is 46.3. The molecule has 0 atom stereocenters. The maximum absolute atomic E-state index is 2.71. The van der Waals surface area contributed by atoms with Gasteiger partial charge >= 0.3 is 0 Å². The first-order chi connectivity index (χ1) is 32.7. The number of nitrogens with zero attached hydrogens (tertiary/aromatic N) is 1. The highest BCUT2D eigenvalue weighted by Crippen LogP contribution is 2.66. The van der Waals surface area contributed by atoms with E-state index in [1.807, 2.05) is 0 Å². The van der Waals surface area contributed by atoms with Gasteiger partial charge in [0.15, 0.2) is 8.07 Å². The topological polar surface area (TPSA) is 3.24 Å². The second-order valence-electron chi connectivity index (χ2n) is 22.8. The minimum Gasteiger partial charge on any atom is -0.310 e. The molecule has 0 N–H and O–H groups in total. The van der Waals surface area contributed by atoms with Crippen molar-refractivity contribution in [1.82, 2.24) is 0 Å². The lowest BCUT2D eigenvalue weighted by Crippen LogP contribution is -2.70. The molecule has 2 heteroatoms. The van der Waals surface area contributed by atoms with Crippen molar-refractivity contribution in [2.45, 2.75) is 77.0 Å². The van der Waals surface area contributed by atoms with Crippen LogP contribution < -0.4 is 25.6 Å². The predicted molar refractivity (Wildman–Crippen MR) is 289 cm³/mol. The monoisotopic (exact) mass is 889 g/mol. The number of hydrogen-bond donors (Lipinski definition) is 0. The maximum Gasteiger partial charge on any atom is 0.182 e. The molecule has 0 aromatic heterocycles. The molecule has 0 fully saturated rings. The van der Waals surface area contributed by atoms with Gasteiger partial charge in [0.05, 0.1) is 16.8 Å². The van der Waals surface area contributed by atoms with Crippen LogP contribution in [0.4, 0.5) is 17.1 Å². The fourth-order valence-electron chi connectivity index (χ4n) is 13.8. The summed E-state index contributed by atoms with van der Waals surface area (Å²) in [6.07, 6.45) is 0. The summed E-state index contributed by atoms with van der Waals surface area (Å²) >= 11 is 0. The second kappa shape index (κ2) is 13.2. The number of anilines is 3. The molecule has 0 unspecified atom stereocenters. The first-order valence-corrected chi connectivity index (χ1v) is 26.7. The molecule has 68 heavy (non-hydrogen) atoms. The molecular formula is C66H55NSi. The van der Waals surface area contributed by atoms with Gasteiger partial charge in [0.25, 0.3) is 0 Å². The van der Waals surface area contributed by atoms with Crippen LogP contribution in [0.3, 0.4) is 0 Å². The van der Waals surface area contributed by atoms with Gasteiger partial charge in [0.2, 0.25) is 0 Å². The molecule has 9 aromatic rings. The van der Waals surface area contributed by atoms with Gasteiger partial charge in [-0.25, -0.2) is 0 Å². The van der Waals surface area contributed by atoms with Crippen molar-refractivity contribution in [3.8, 4) is 44.5 Å². The molecule has 328 valence electrons. The highest BCUT2D eigenvalue weighted by molar-refractivity contribution is 7.24. The highest BCUT2D eigenvalue weighted by Gasteiger charge is 2.56. The summed E-state index contributed by atoms with van der Waals surface area (Å²) in [5.41, 5.74) is 24.8. The third kappa shape index (κ3) is 4.82. The van der Waals surface area contributed by atoms with E-state index in [4.69, 9.17) is 0 Å². The van der Waals surface area contributed by atoms with E-state index in [0.29, 0.717) is 0 Å². The first kappa shape index (κ1) is 40.1. The molecule has 0 radical (unpaired) electrons. The van der Waals surface area contributed by atoms with Crippen molar-refractivity contribution in [2.75, 3.05) is 4.90 Å². The average molecular weight is 890 g/mol. The zero-order valence-corrected chi connectivity index (χ0v) is 41.3. The normalized spacial score (nSPS) is 16.3. The lowest BCUT2D eigenvalue weighted by atomic mass is 9.63. The molecule has 2 aliphatic carbocycles. The van der Waals surface area contributed by atoms with E-state index in [-0.39, 0.29) is 16.2 Å². The van der Waals surface area contributed by atoms with Crippen LogP contribution in [0.25, 0.3) is 44.5 Å². The SMILES string of the molecule is CC(C)(C)c1ccc2c(c1)C1(c3cc(C(C)(C)C)ccc3-2)c2ccccc2N(c2ccc3c(c2)[Si]2(c4ccccc4-c4ccccc42)c2ccccc2-3)c2cc3c(cc21)-c1ccccc1C3(C)C. The molecule has 9 aromatic carbocycles. The van der Waals surface area contributed by atoms with Crippen LogP contribution in [0, 0.1) is 0 Å². The summed E-state index contributed by atoms with van der Waals surface area (Å²) in [7, 11) is -2.71. The summed E-state index contributed by atoms with van der Waals surface area (Å²) < 4.78 is 0. The Morgan fingerprint density at radius 1 is 0.338 bits per heavy atom. The molecule has 0 saturated heterocycles. The van der Waals surface area contributed by atoms with Gasteiger partial charge < -0.3 is 4.90 Å². The van der Waals surface area contributed by atoms with Crippen LogP contribution in [0.15, 0.2) is 188 Å². The van der Waals surface area contributed by atoms with E-state index >= 15 is 0 Å². The van der Waals surface area contributed by atoms with E-state index in [1.165, 1.54) is 127 Å². The Kier molecular flexibility index (Phi) is 7.76. The minimum absolute atomic E-state index is 0.0369. The van der Waals surface area contributed by atoms with Gasteiger partial charge in [0.1, 0.15) is 0 Å². The number of para-hydroxylation sites is 1. The molecule has 0 bridgehead atoms. The van der Waals surface area contributed by atoms with Gasteiger partial charge in [-0.15, -0.1) is 0 Å². The quantitative estimate of drug-likeness (QED) is 0.148. The molecule has 3 aliphatic heterocycles. The molecule has 0 amide bonds. The summed E-state index contributed by atoms with van der Waals surface area (Å²) in [4.78, 5) is 2.67. The second-order valence-corrected chi connectivity index (χ2v) is 26.5. The summed E-state index contributed by atoms with van der Waals surface area (Å²) in [6, 6.07) is 74.3. The highest BCUT2D eigenvalue weighted by atomic mass is 28.3. The molecule has 0 saturated carbocycles. The zero-order valence-electron chi connectivity index (χ0n) is 40.3. The maximum atomic E-state index is 2.67. The van der Waals surface area contributed by atoms with E-state index in [9.17, 15) is 0 Å². The largest absolute Gasteiger partial charge is 0.310 e. The summed E-state index contributed by atoms with van der Waals surface area (Å²) in [5.74, 6) is 0. The number of benzene rings is 9. The Labute approximate surface area is 402 Å². The van der Waals surface area contributed by atoms with Crippen molar-refractivity contribution in [3.63, 3.8) is 0 Å². The molecular weight excluding hydrogens is 835 g/mol. The van der Waals surface area contributed by atoms with E-state index in [1.54, 1.807) is 0 Å². The van der Waals surface area contributed by atoms with Crippen molar-refractivity contribution in [2.24, 2.45) is 0 Å². The fourth-order valence-corrected chi connectivity index (χ4v) is 19.5. The smallest absolute Gasteiger partial charge is 0.182 e. The van der Waals surface area contributed by atoms with Gasteiger partial charge in [0, 0.05) is 11.1 Å². The first-order valence-electron chi connectivity index (χ1n) is 24.7. The van der Waals surface area contributed by atoms with Crippen LogP contribution >= 0.6 is 0 Å². The van der Waals surface area contributed by atoms with Gasteiger partial charge in [-0.3, -0.25) is 0 Å². The van der Waals surface area contributed by atoms with Crippen molar-refractivity contribution >= 4 is 45.9 Å². The fraction of sp³-hybridized carbons (Fsp3) is 0.182. The third-order valence-corrected chi connectivity index (χ3v) is 22.0. The van der Waals surface area contributed by atoms with E-state index in [2.05, 4.69) is 248 Å². The molecule has 2 spiro atoms. The van der Waals surface area contributed by atoms with Crippen LogP contribution in [0.5, 0.6) is 0 Å². The minimum atomic E-state index is -2.71. The number of rotatable bonds is 1. The van der Waals surface area contributed by atoms with Crippen molar-refractivity contribution < 1.29 is 0 Å². The lowest BCUT2D eigenvalue weighted by molar-refractivity contribution is 0.586. The molecule has 3 heterocycles. The number of fused-ring (bicyclic) bond motifs is 22. The van der Waals surface area contributed by atoms with Crippen LogP contribution in [0.1, 0.15) is 99.9 Å². The lowest BCUT2D eigenvalue weighted by Gasteiger charge is -2.46. The Bertz CT molecular complexity index is 3570. The van der Waals surface area contributed by atoms with Crippen molar-refractivity contribution in [1.29, 1.82) is 0 Å². The van der Waals surface area contributed by atoms with Crippen molar-refractivity contribution in [3.05, 3.63) is 233 Å². The Morgan fingerprint density at radius 3 is 1.35 bits per heavy atom. The van der Waals surface area contributed by atoms with Crippen LogP contribution in [0.2, 0.25) is 0 Å². The molecule has 5 aliphatic rings. The predicted octanol–water partition coefficient (Wildman–Crippen LogP) is 14.1. The standard InChI is InChI=1S/C66H55NSi/c1-63(2,3)40-29-32-44-45-33-30-41(64(4,5)6)36-55(45)66(54(44)35-40)52-24-14-15-25-57(52)67(58-39-53-50(38-56(58)66)43-19-9-13-23-51(43)65(53,7)8)42-31-34-49-48-22-12-18-28-61(48)68(62(49)37-42)59-26-16-10-20-46(59)47-21-11-17-27-60(47)68/h9-39H,1-8H3. The van der Waals surface area contributed by atoms with E-state index in [0.717, 1.165) is 0 Å². The Hall–Kier alpha value is -7.00. The Morgan fingerprint density at radius 2 is 0.794 bits per heavy atom. The van der Waals surface area contributed by atoms with Gasteiger partial charge in [-0.1, -0.05) is 213 Å². The van der Waals surface area contributed by atoms with Gasteiger partial charge in [-0.05, 0) is 151 Å². The molecule has 14 rings (SSSR count). The summed E-state index contributed by atoms with van der Waals surface area (Å²) in [5, 5.41) is 6.00.